The van der Waals surface area contributed by atoms with Crippen LogP contribution in [0.4, 0.5) is 0 Å². The van der Waals surface area contributed by atoms with Gasteiger partial charge in [0.25, 0.3) is 5.56 Å². The van der Waals surface area contributed by atoms with Crippen LogP contribution in [0.25, 0.3) is 10.9 Å². The molecule has 1 aromatic carbocycles. The van der Waals surface area contributed by atoms with Gasteiger partial charge in [0.15, 0.2) is 16.7 Å². The molecule has 2 aromatic heterocycles. The second kappa shape index (κ2) is 8.67. The molecular weight excluding hydrogens is 454 g/mol. The van der Waals surface area contributed by atoms with Gasteiger partial charge in [-0.2, -0.15) is 0 Å². The summed E-state index contributed by atoms with van der Waals surface area (Å²) < 4.78 is 2.45. The van der Waals surface area contributed by atoms with Crippen molar-refractivity contribution in [3.8, 4) is 0 Å². The summed E-state index contributed by atoms with van der Waals surface area (Å²) in [6.07, 6.45) is 0.777. The Labute approximate surface area is 181 Å². The summed E-state index contributed by atoms with van der Waals surface area (Å²) in [5, 5.41) is 1.07. The van der Waals surface area contributed by atoms with Crippen molar-refractivity contribution in [3.63, 3.8) is 0 Å². The number of rotatable bonds is 7. The molecule has 8 heteroatoms. The number of aryl methyl sites for hydroxylation is 1. The van der Waals surface area contributed by atoms with E-state index in [0.717, 1.165) is 10.9 Å². The van der Waals surface area contributed by atoms with Crippen LogP contribution in [-0.4, -0.2) is 31.9 Å². The van der Waals surface area contributed by atoms with E-state index in [9.17, 15) is 14.4 Å². The molecule has 152 valence electrons. The summed E-state index contributed by atoms with van der Waals surface area (Å²) in [5.41, 5.74) is 2.86. The molecular formula is C21H22BrN3O3S. The maximum Gasteiger partial charge on any atom is 0.262 e. The van der Waals surface area contributed by atoms with E-state index in [4.69, 9.17) is 0 Å². The highest BCUT2D eigenvalue weighted by Gasteiger charge is 2.21. The van der Waals surface area contributed by atoms with Crippen molar-refractivity contribution in [3.05, 3.63) is 55.5 Å². The smallest absolute Gasteiger partial charge is 0.262 e. The molecule has 0 bridgehead atoms. The van der Waals surface area contributed by atoms with Gasteiger partial charge in [0.2, 0.25) is 0 Å². The predicted octanol–water partition coefficient (Wildman–Crippen LogP) is 4.69. The second-order valence-corrected chi connectivity index (χ2v) is 8.76. The van der Waals surface area contributed by atoms with Crippen molar-refractivity contribution in [2.24, 2.45) is 0 Å². The standard InChI is InChI=1S/C21H22BrN3O3S/c1-5-8-25-20(28)15-9-14(22)6-7-16(15)24-21(25)29-10-17(27)19-11(2)18(13(4)26)12(3)23-19/h6-7,9,23H,5,8,10H2,1-4H3. The molecule has 0 aliphatic rings. The minimum atomic E-state index is -0.128. The number of carbonyl (C=O) groups is 2. The Morgan fingerprint density at radius 2 is 2.00 bits per heavy atom. The summed E-state index contributed by atoms with van der Waals surface area (Å²) in [6, 6.07) is 5.40. The Hall–Kier alpha value is -2.19. The maximum absolute atomic E-state index is 12.9. The molecule has 0 fully saturated rings. The zero-order valence-corrected chi connectivity index (χ0v) is 19.2. The molecule has 0 amide bonds. The SMILES string of the molecule is CCCn1c(SCC(=O)c2[nH]c(C)c(C(C)=O)c2C)nc2ccc(Br)cc2c1=O. The van der Waals surface area contributed by atoms with E-state index in [2.05, 4.69) is 25.9 Å². The summed E-state index contributed by atoms with van der Waals surface area (Å²) in [5.74, 6) is -0.0746. The maximum atomic E-state index is 12.9. The lowest BCUT2D eigenvalue weighted by atomic mass is 10.1. The van der Waals surface area contributed by atoms with Crippen LogP contribution in [0.2, 0.25) is 0 Å². The number of nitrogens with one attached hydrogen (secondary N) is 1. The quantitative estimate of drug-likeness (QED) is 0.304. The van der Waals surface area contributed by atoms with Crippen molar-refractivity contribution >= 4 is 50.2 Å². The lowest BCUT2D eigenvalue weighted by molar-refractivity contribution is 0.101. The average molecular weight is 476 g/mol. The summed E-state index contributed by atoms with van der Waals surface area (Å²) in [6.45, 7) is 7.57. The van der Waals surface area contributed by atoms with Gasteiger partial charge in [-0.05, 0) is 51.0 Å². The molecule has 0 saturated heterocycles. The molecule has 0 aliphatic heterocycles. The number of benzene rings is 1. The van der Waals surface area contributed by atoms with E-state index in [-0.39, 0.29) is 22.9 Å². The molecule has 0 spiro atoms. The number of nitrogens with zero attached hydrogens (tertiary/aromatic N) is 2. The van der Waals surface area contributed by atoms with E-state index in [0.29, 0.717) is 45.1 Å². The number of carbonyl (C=O) groups excluding carboxylic acids is 2. The molecule has 0 aliphatic carbocycles. The second-order valence-electron chi connectivity index (χ2n) is 6.91. The Bertz CT molecular complexity index is 1180. The van der Waals surface area contributed by atoms with Gasteiger partial charge in [0.05, 0.1) is 22.3 Å². The fourth-order valence-electron chi connectivity index (χ4n) is 3.46. The Morgan fingerprint density at radius 3 is 2.62 bits per heavy atom. The lowest BCUT2D eigenvalue weighted by Gasteiger charge is -2.12. The Morgan fingerprint density at radius 1 is 1.28 bits per heavy atom. The summed E-state index contributed by atoms with van der Waals surface area (Å²) in [7, 11) is 0. The van der Waals surface area contributed by atoms with Crippen molar-refractivity contribution in [2.75, 3.05) is 5.75 Å². The van der Waals surface area contributed by atoms with Gasteiger partial charge in [-0.15, -0.1) is 0 Å². The van der Waals surface area contributed by atoms with Gasteiger partial charge in [-0.25, -0.2) is 4.98 Å². The highest BCUT2D eigenvalue weighted by atomic mass is 79.9. The number of aromatic nitrogens is 3. The minimum absolute atomic E-state index is 0.0675. The molecule has 0 radical (unpaired) electrons. The monoisotopic (exact) mass is 475 g/mol. The van der Waals surface area contributed by atoms with E-state index >= 15 is 0 Å². The normalized spacial score (nSPS) is 11.2. The number of hydrogen-bond acceptors (Lipinski definition) is 5. The topological polar surface area (TPSA) is 84.8 Å². The summed E-state index contributed by atoms with van der Waals surface area (Å²) in [4.78, 5) is 45.2. The molecule has 6 nitrogen and oxygen atoms in total. The van der Waals surface area contributed by atoms with Crippen LogP contribution in [0, 0.1) is 13.8 Å². The number of halogens is 1. The van der Waals surface area contributed by atoms with Crippen LogP contribution in [-0.2, 0) is 6.54 Å². The molecule has 0 atom stereocenters. The Kier molecular flexibility index (Phi) is 6.43. The zero-order valence-electron chi connectivity index (χ0n) is 16.8. The highest BCUT2D eigenvalue weighted by molar-refractivity contribution is 9.10. The molecule has 3 aromatic rings. The Balaban J connectivity index is 1.94. The van der Waals surface area contributed by atoms with Crippen LogP contribution < -0.4 is 5.56 Å². The first-order valence-electron chi connectivity index (χ1n) is 9.30. The van der Waals surface area contributed by atoms with Crippen molar-refractivity contribution in [1.82, 2.24) is 14.5 Å². The van der Waals surface area contributed by atoms with Crippen LogP contribution in [0.5, 0.6) is 0 Å². The molecule has 2 heterocycles. The van der Waals surface area contributed by atoms with E-state index < -0.39 is 0 Å². The molecule has 29 heavy (non-hydrogen) atoms. The molecule has 0 unspecified atom stereocenters. The van der Waals surface area contributed by atoms with Crippen LogP contribution in [0.3, 0.4) is 0 Å². The first kappa shape index (κ1) is 21.5. The molecule has 3 rings (SSSR count). The van der Waals surface area contributed by atoms with Gasteiger partial charge in [-0.3, -0.25) is 19.0 Å². The fourth-order valence-corrected chi connectivity index (χ4v) is 4.72. The first-order chi connectivity index (χ1) is 13.7. The third-order valence-corrected chi connectivity index (χ3v) is 6.20. The fraction of sp³-hybridized carbons (Fsp3) is 0.333. The minimum Gasteiger partial charge on any atom is -0.355 e. The largest absolute Gasteiger partial charge is 0.355 e. The van der Waals surface area contributed by atoms with Gasteiger partial charge in [0.1, 0.15) is 0 Å². The predicted molar refractivity (Wildman–Crippen MR) is 119 cm³/mol. The number of hydrogen-bond donors (Lipinski definition) is 1. The van der Waals surface area contributed by atoms with Crippen molar-refractivity contribution in [1.29, 1.82) is 0 Å². The van der Waals surface area contributed by atoms with Crippen LogP contribution in [0.1, 0.15) is 52.4 Å². The summed E-state index contributed by atoms with van der Waals surface area (Å²) >= 11 is 4.64. The molecule has 1 N–H and O–H groups in total. The van der Waals surface area contributed by atoms with E-state index in [1.54, 1.807) is 30.5 Å². The lowest BCUT2D eigenvalue weighted by Crippen LogP contribution is -2.23. The van der Waals surface area contributed by atoms with Crippen molar-refractivity contribution < 1.29 is 9.59 Å². The zero-order chi connectivity index (χ0) is 21.3. The van der Waals surface area contributed by atoms with Gasteiger partial charge >= 0.3 is 0 Å². The van der Waals surface area contributed by atoms with Crippen LogP contribution in [0.15, 0.2) is 32.6 Å². The number of fused-ring (bicyclic) bond motifs is 1. The number of Topliss-reactive ketones (excluding diaryl/α,β-unsaturated/α-hetero) is 2. The number of H-pyrrole nitrogens is 1. The number of aromatic amines is 1. The molecule has 0 saturated carbocycles. The van der Waals surface area contributed by atoms with Gasteiger partial charge in [-0.1, -0.05) is 34.6 Å². The average Bonchev–Trinajstić information content (AvgIpc) is 2.97. The third-order valence-electron chi connectivity index (χ3n) is 4.73. The highest BCUT2D eigenvalue weighted by Crippen LogP contribution is 2.24. The van der Waals surface area contributed by atoms with Gasteiger partial charge in [0, 0.05) is 22.3 Å². The number of ketones is 2. The first-order valence-corrected chi connectivity index (χ1v) is 11.1. The van der Waals surface area contributed by atoms with E-state index in [1.165, 1.54) is 18.7 Å². The number of thioether (sulfide) groups is 1. The third kappa shape index (κ3) is 4.23. The van der Waals surface area contributed by atoms with Gasteiger partial charge < -0.3 is 4.98 Å². The van der Waals surface area contributed by atoms with Crippen molar-refractivity contribution in [2.45, 2.75) is 45.8 Å². The van der Waals surface area contributed by atoms with Crippen LogP contribution >= 0.6 is 27.7 Å². The van der Waals surface area contributed by atoms with E-state index in [1.807, 2.05) is 13.0 Å².